The van der Waals surface area contributed by atoms with E-state index >= 15 is 0 Å². The Morgan fingerprint density at radius 2 is 1.04 bits per heavy atom. The van der Waals surface area contributed by atoms with Gasteiger partial charge in [0.15, 0.2) is 0 Å². The van der Waals surface area contributed by atoms with Gasteiger partial charge >= 0.3 is 0 Å². The summed E-state index contributed by atoms with van der Waals surface area (Å²) in [5.74, 6) is 0. The molecule has 0 saturated heterocycles. The minimum absolute atomic E-state index is 0.411. The zero-order chi connectivity index (χ0) is 30.7. The monoisotopic (exact) mass is 613 g/mol. The average Bonchev–Trinajstić information content (AvgIpc) is 3.62. The van der Waals surface area contributed by atoms with E-state index in [9.17, 15) is 0 Å². The molecule has 0 radical (unpaired) electrons. The van der Waals surface area contributed by atoms with Crippen molar-refractivity contribution in [1.29, 1.82) is 0 Å². The first-order valence-electron chi connectivity index (χ1n) is 16.3. The molecule has 47 heavy (non-hydrogen) atoms. The quantitative estimate of drug-likeness (QED) is 0.178. The minimum atomic E-state index is -0.411. The highest BCUT2D eigenvalue weighted by atomic mass is 32.2. The van der Waals surface area contributed by atoms with Gasteiger partial charge in [-0.3, -0.25) is 0 Å². The number of rotatable bonds is 1. The first kappa shape index (κ1) is 25.6. The molecular formula is C45H27NS. The molecule has 0 atom stereocenters. The largest absolute Gasteiger partial charge is 0.309 e. The summed E-state index contributed by atoms with van der Waals surface area (Å²) >= 11 is 1.92. The van der Waals surface area contributed by atoms with Gasteiger partial charge in [0.1, 0.15) is 0 Å². The van der Waals surface area contributed by atoms with Crippen LogP contribution in [0.5, 0.6) is 0 Å². The summed E-state index contributed by atoms with van der Waals surface area (Å²) in [4.78, 5) is 2.66. The zero-order valence-electron chi connectivity index (χ0n) is 25.4. The summed E-state index contributed by atoms with van der Waals surface area (Å²) in [6, 6.07) is 61.3. The number of hydrogen-bond donors (Lipinski definition) is 0. The summed E-state index contributed by atoms with van der Waals surface area (Å²) in [6.45, 7) is 0. The van der Waals surface area contributed by atoms with Crippen molar-refractivity contribution in [2.75, 3.05) is 0 Å². The van der Waals surface area contributed by atoms with Crippen molar-refractivity contribution < 1.29 is 0 Å². The summed E-state index contributed by atoms with van der Waals surface area (Å²) in [5, 5.41) is 7.61. The lowest BCUT2D eigenvalue weighted by molar-refractivity contribution is 0.724. The van der Waals surface area contributed by atoms with Crippen molar-refractivity contribution in [2.24, 2.45) is 0 Å². The molecule has 0 saturated carbocycles. The second-order valence-electron chi connectivity index (χ2n) is 12.9. The highest BCUT2D eigenvalue weighted by molar-refractivity contribution is 7.99. The van der Waals surface area contributed by atoms with Crippen molar-refractivity contribution in [3.63, 3.8) is 0 Å². The van der Waals surface area contributed by atoms with E-state index in [1.54, 1.807) is 0 Å². The van der Waals surface area contributed by atoms with Gasteiger partial charge in [0.25, 0.3) is 0 Å². The van der Waals surface area contributed by atoms with Crippen LogP contribution in [-0.2, 0) is 5.41 Å². The van der Waals surface area contributed by atoms with Crippen LogP contribution in [-0.4, -0.2) is 4.57 Å². The van der Waals surface area contributed by atoms with Gasteiger partial charge in [0.2, 0.25) is 0 Å². The van der Waals surface area contributed by atoms with Crippen LogP contribution in [0.2, 0.25) is 0 Å². The molecule has 2 heterocycles. The molecule has 218 valence electrons. The number of nitrogens with zero attached hydrogens (tertiary/aromatic N) is 1. The Morgan fingerprint density at radius 1 is 0.404 bits per heavy atom. The molecule has 0 bridgehead atoms. The molecule has 1 nitrogen and oxygen atoms in total. The lowest BCUT2D eigenvalue weighted by Gasteiger charge is -2.39. The van der Waals surface area contributed by atoms with E-state index in [0.29, 0.717) is 0 Å². The highest BCUT2D eigenvalue weighted by Crippen LogP contribution is 2.62. The molecule has 2 heteroatoms. The van der Waals surface area contributed by atoms with E-state index < -0.39 is 5.41 Å². The van der Waals surface area contributed by atoms with E-state index in [1.807, 2.05) is 11.8 Å². The molecular weight excluding hydrogens is 587 g/mol. The van der Waals surface area contributed by atoms with Gasteiger partial charge in [-0.05, 0) is 79.9 Å². The Balaban J connectivity index is 1.34. The summed E-state index contributed by atoms with van der Waals surface area (Å²) in [7, 11) is 0. The number of aromatic nitrogens is 1. The molecule has 1 aromatic heterocycles. The van der Waals surface area contributed by atoms with Gasteiger partial charge < -0.3 is 4.57 Å². The molecule has 11 rings (SSSR count). The molecule has 1 aliphatic heterocycles. The minimum Gasteiger partial charge on any atom is -0.309 e. The third-order valence-electron chi connectivity index (χ3n) is 10.6. The second-order valence-corrected chi connectivity index (χ2v) is 13.9. The number of fused-ring (bicyclic) bond motifs is 15. The smallest absolute Gasteiger partial charge is 0.0736 e. The summed E-state index contributed by atoms with van der Waals surface area (Å²) < 4.78 is 2.53. The molecule has 9 aromatic rings. The summed E-state index contributed by atoms with van der Waals surface area (Å²) in [5.41, 5.74) is 11.4. The predicted molar refractivity (Wildman–Crippen MR) is 197 cm³/mol. The lowest BCUT2D eigenvalue weighted by atomic mass is 9.67. The van der Waals surface area contributed by atoms with E-state index in [0.717, 1.165) is 0 Å². The zero-order valence-corrected chi connectivity index (χ0v) is 26.3. The van der Waals surface area contributed by atoms with Crippen LogP contribution < -0.4 is 0 Å². The van der Waals surface area contributed by atoms with Gasteiger partial charge in [-0.25, -0.2) is 0 Å². The number of hydrogen-bond acceptors (Lipinski definition) is 1. The molecule has 8 aromatic carbocycles. The second kappa shape index (κ2) is 9.25. The third kappa shape index (κ3) is 3.26. The van der Waals surface area contributed by atoms with Crippen molar-refractivity contribution in [2.45, 2.75) is 15.2 Å². The Bertz CT molecular complexity index is 2740. The van der Waals surface area contributed by atoms with Crippen LogP contribution in [0.1, 0.15) is 22.3 Å². The molecule has 0 unspecified atom stereocenters. The van der Waals surface area contributed by atoms with E-state index in [2.05, 4.69) is 168 Å². The Hall–Kier alpha value is -5.57. The fourth-order valence-electron chi connectivity index (χ4n) is 8.71. The van der Waals surface area contributed by atoms with E-state index in [1.165, 1.54) is 92.2 Å². The molecule has 0 amide bonds. The highest BCUT2D eigenvalue weighted by Gasteiger charge is 2.50. The standard InChI is InChI=1S/C45H27NS/c1-2-13-30-25-31(23-21-28(30)11-1)46-41-27-40-43(26-36(41)35-24-22-29-12-3-4-14-32(29)44(35)46)47-42-20-10-9-19-39(42)45(40)37-17-7-5-15-33(37)34-16-6-8-18-38(34)45/h1-27H. The van der Waals surface area contributed by atoms with Gasteiger partial charge in [0.05, 0.1) is 16.4 Å². The van der Waals surface area contributed by atoms with Gasteiger partial charge in [-0.2, -0.15) is 0 Å². The Labute approximate surface area is 276 Å². The normalized spacial score (nSPS) is 14.0. The van der Waals surface area contributed by atoms with Gasteiger partial charge in [0, 0.05) is 31.6 Å². The van der Waals surface area contributed by atoms with Gasteiger partial charge in [-0.1, -0.05) is 145 Å². The van der Waals surface area contributed by atoms with Crippen LogP contribution in [0.15, 0.2) is 174 Å². The number of benzene rings is 8. The molecule has 0 fully saturated rings. The predicted octanol–water partition coefficient (Wildman–Crippen LogP) is 11.9. The Kier molecular flexibility index (Phi) is 5.04. The van der Waals surface area contributed by atoms with Crippen LogP contribution in [0.4, 0.5) is 0 Å². The van der Waals surface area contributed by atoms with Crippen molar-refractivity contribution >= 4 is 55.1 Å². The van der Waals surface area contributed by atoms with E-state index in [-0.39, 0.29) is 0 Å². The maximum absolute atomic E-state index is 2.54. The molecule has 1 aliphatic carbocycles. The topological polar surface area (TPSA) is 4.93 Å². The Morgan fingerprint density at radius 3 is 1.85 bits per heavy atom. The van der Waals surface area contributed by atoms with Crippen LogP contribution in [0.3, 0.4) is 0 Å². The van der Waals surface area contributed by atoms with Gasteiger partial charge in [-0.15, -0.1) is 0 Å². The first-order chi connectivity index (χ1) is 23.3. The van der Waals surface area contributed by atoms with Crippen LogP contribution in [0, 0.1) is 0 Å². The van der Waals surface area contributed by atoms with Crippen LogP contribution >= 0.6 is 11.8 Å². The molecule has 2 aliphatic rings. The lowest BCUT2D eigenvalue weighted by Crippen LogP contribution is -2.32. The third-order valence-corrected chi connectivity index (χ3v) is 11.7. The average molecular weight is 614 g/mol. The maximum atomic E-state index is 2.54. The van der Waals surface area contributed by atoms with Crippen molar-refractivity contribution in [3.8, 4) is 16.8 Å². The fraction of sp³-hybridized carbons (Fsp3) is 0.0222. The first-order valence-corrected chi connectivity index (χ1v) is 17.1. The van der Waals surface area contributed by atoms with E-state index in [4.69, 9.17) is 0 Å². The SMILES string of the molecule is c1ccc2c(c1)Sc1cc3c4ccc5ccccc5c4n(-c4ccc5ccccc5c4)c3cc1C21c2ccccc2-c2ccccc21. The van der Waals surface area contributed by atoms with Crippen LogP contribution in [0.25, 0.3) is 60.2 Å². The van der Waals surface area contributed by atoms with Crippen molar-refractivity contribution in [1.82, 2.24) is 4.57 Å². The summed E-state index contributed by atoms with van der Waals surface area (Å²) in [6.07, 6.45) is 0. The molecule has 0 N–H and O–H groups in total. The maximum Gasteiger partial charge on any atom is 0.0736 e. The fourth-order valence-corrected chi connectivity index (χ4v) is 9.92. The molecule has 1 spiro atoms. The van der Waals surface area contributed by atoms with Crippen molar-refractivity contribution in [3.05, 3.63) is 186 Å².